The van der Waals surface area contributed by atoms with Crippen LogP contribution in [0.5, 0.6) is 5.75 Å². The molecule has 1 aliphatic rings. The Kier molecular flexibility index (Phi) is 7.65. The summed E-state index contributed by atoms with van der Waals surface area (Å²) in [6, 6.07) is 12.8. The number of ether oxygens (including phenoxy) is 1. The van der Waals surface area contributed by atoms with E-state index in [9.17, 15) is 14.4 Å². The second kappa shape index (κ2) is 10.4. The fraction of sp³-hybridized carbons (Fsp3) is 0.350. The summed E-state index contributed by atoms with van der Waals surface area (Å²) in [5, 5.41) is 0. The number of rotatable bonds is 6. The van der Waals surface area contributed by atoms with E-state index in [0.29, 0.717) is 43.8 Å². The highest BCUT2D eigenvalue weighted by Gasteiger charge is 2.27. The lowest BCUT2D eigenvalue weighted by Gasteiger charge is -2.31. The van der Waals surface area contributed by atoms with Gasteiger partial charge in [-0.15, -0.1) is 11.3 Å². The van der Waals surface area contributed by atoms with Gasteiger partial charge in [0.15, 0.2) is 0 Å². The monoisotopic (exact) mass is 479 g/mol. The third-order valence-corrected chi connectivity index (χ3v) is 6.26. The van der Waals surface area contributed by atoms with E-state index >= 15 is 0 Å². The second-order valence-electron chi connectivity index (χ2n) is 6.61. The van der Waals surface area contributed by atoms with E-state index in [1.54, 1.807) is 17.0 Å². The van der Waals surface area contributed by atoms with Crippen LogP contribution < -0.4 is 15.6 Å². The SMILES string of the molecule is O=C(NNC(=O)C1CCN(C(=O)CCOc2ccccc2)CC1)c1ccc(Br)s1. The average molecular weight is 480 g/mol. The van der Waals surface area contributed by atoms with Crippen molar-refractivity contribution in [2.24, 2.45) is 5.92 Å². The van der Waals surface area contributed by atoms with Gasteiger partial charge in [-0.05, 0) is 53.0 Å². The van der Waals surface area contributed by atoms with Gasteiger partial charge in [0, 0.05) is 19.0 Å². The molecule has 1 aliphatic heterocycles. The molecule has 154 valence electrons. The molecule has 2 aromatic rings. The number of piperidine rings is 1. The van der Waals surface area contributed by atoms with E-state index in [4.69, 9.17) is 4.74 Å². The van der Waals surface area contributed by atoms with Gasteiger partial charge in [-0.2, -0.15) is 0 Å². The maximum absolute atomic E-state index is 12.3. The number of hydrogen-bond donors (Lipinski definition) is 2. The third-order valence-electron chi connectivity index (χ3n) is 4.64. The maximum atomic E-state index is 12.3. The minimum atomic E-state index is -0.347. The van der Waals surface area contributed by atoms with Crippen LogP contribution in [0.4, 0.5) is 0 Å². The summed E-state index contributed by atoms with van der Waals surface area (Å²) < 4.78 is 6.41. The van der Waals surface area contributed by atoms with Crippen LogP contribution in [0.15, 0.2) is 46.3 Å². The van der Waals surface area contributed by atoms with E-state index in [1.165, 1.54) is 11.3 Å². The van der Waals surface area contributed by atoms with E-state index in [2.05, 4.69) is 26.8 Å². The van der Waals surface area contributed by atoms with Gasteiger partial charge in [-0.25, -0.2) is 0 Å². The molecule has 1 aromatic heterocycles. The zero-order valence-corrected chi connectivity index (χ0v) is 18.1. The molecule has 9 heteroatoms. The van der Waals surface area contributed by atoms with Gasteiger partial charge < -0.3 is 9.64 Å². The summed E-state index contributed by atoms with van der Waals surface area (Å²) >= 11 is 4.59. The molecule has 0 unspecified atom stereocenters. The first-order valence-corrected chi connectivity index (χ1v) is 10.9. The first-order valence-electron chi connectivity index (χ1n) is 9.34. The molecule has 0 bridgehead atoms. The van der Waals surface area contributed by atoms with Gasteiger partial charge in [0.1, 0.15) is 5.75 Å². The molecule has 0 saturated carbocycles. The zero-order chi connectivity index (χ0) is 20.6. The number of para-hydroxylation sites is 1. The molecule has 0 radical (unpaired) electrons. The van der Waals surface area contributed by atoms with Gasteiger partial charge in [0.05, 0.1) is 21.7 Å². The Balaban J connectivity index is 1.35. The molecule has 7 nitrogen and oxygen atoms in total. The van der Waals surface area contributed by atoms with Gasteiger partial charge in [-0.3, -0.25) is 25.2 Å². The Bertz CT molecular complexity index is 850. The second-order valence-corrected chi connectivity index (χ2v) is 9.08. The Morgan fingerprint density at radius 3 is 2.45 bits per heavy atom. The van der Waals surface area contributed by atoms with Crippen molar-refractivity contribution in [1.29, 1.82) is 0 Å². The molecule has 0 aliphatic carbocycles. The number of nitrogens with zero attached hydrogens (tertiary/aromatic N) is 1. The first kappa shape index (κ1) is 21.3. The molecule has 29 heavy (non-hydrogen) atoms. The maximum Gasteiger partial charge on any atom is 0.279 e. The molecule has 2 N–H and O–H groups in total. The van der Waals surface area contributed by atoms with Gasteiger partial charge >= 0.3 is 0 Å². The molecular formula is C20H22BrN3O4S. The summed E-state index contributed by atoms with van der Waals surface area (Å²) in [6.45, 7) is 1.37. The normalized spacial score (nSPS) is 14.3. The lowest BCUT2D eigenvalue weighted by Crippen LogP contribution is -2.48. The van der Waals surface area contributed by atoms with Crippen LogP contribution in [0, 0.1) is 5.92 Å². The fourth-order valence-corrected chi connectivity index (χ4v) is 4.32. The molecule has 1 aromatic carbocycles. The summed E-state index contributed by atoms with van der Waals surface area (Å²) in [5.74, 6) is -0.0347. The van der Waals surface area contributed by atoms with Crippen molar-refractivity contribution < 1.29 is 19.1 Å². The highest BCUT2D eigenvalue weighted by molar-refractivity contribution is 9.11. The van der Waals surface area contributed by atoms with Crippen LogP contribution >= 0.6 is 27.3 Å². The largest absolute Gasteiger partial charge is 0.493 e. The number of carbonyl (C=O) groups is 3. The molecule has 1 saturated heterocycles. The topological polar surface area (TPSA) is 87.7 Å². The third kappa shape index (κ3) is 6.30. The molecule has 0 atom stereocenters. The standard InChI is InChI=1S/C20H22BrN3O4S/c21-17-7-6-16(29-17)20(27)23-22-19(26)14-8-11-24(12-9-14)18(25)10-13-28-15-4-2-1-3-5-15/h1-7,14H,8-13H2,(H,22,26)(H,23,27). The summed E-state index contributed by atoms with van der Waals surface area (Å²) in [5.41, 5.74) is 4.93. The molecular weight excluding hydrogens is 458 g/mol. The number of amides is 3. The quantitative estimate of drug-likeness (QED) is 0.623. The van der Waals surface area contributed by atoms with Crippen molar-refractivity contribution in [1.82, 2.24) is 15.8 Å². The Hall–Kier alpha value is -2.39. The number of benzene rings is 1. The van der Waals surface area contributed by atoms with E-state index in [0.717, 1.165) is 9.54 Å². The molecule has 0 spiro atoms. The van der Waals surface area contributed by atoms with E-state index in [-0.39, 0.29) is 23.6 Å². The van der Waals surface area contributed by atoms with Crippen molar-refractivity contribution in [3.05, 3.63) is 51.1 Å². The van der Waals surface area contributed by atoms with E-state index < -0.39 is 0 Å². The minimum Gasteiger partial charge on any atom is -0.493 e. The molecule has 1 fully saturated rings. The van der Waals surface area contributed by atoms with Crippen LogP contribution in [-0.4, -0.2) is 42.3 Å². The van der Waals surface area contributed by atoms with Gasteiger partial charge in [0.2, 0.25) is 11.8 Å². The van der Waals surface area contributed by atoms with Gasteiger partial charge in [0.25, 0.3) is 5.91 Å². The van der Waals surface area contributed by atoms with Crippen molar-refractivity contribution in [2.75, 3.05) is 19.7 Å². The number of nitrogens with one attached hydrogen (secondary N) is 2. The van der Waals surface area contributed by atoms with Crippen molar-refractivity contribution >= 4 is 45.0 Å². The smallest absolute Gasteiger partial charge is 0.279 e. The minimum absolute atomic E-state index is 0.0244. The Morgan fingerprint density at radius 2 is 1.79 bits per heavy atom. The number of thiophene rings is 1. The summed E-state index contributed by atoms with van der Waals surface area (Å²) in [6.07, 6.45) is 1.44. The number of halogens is 1. The fourth-order valence-electron chi connectivity index (χ4n) is 3.04. The Morgan fingerprint density at radius 1 is 1.07 bits per heavy atom. The average Bonchev–Trinajstić information content (AvgIpc) is 3.19. The number of hydrogen-bond acceptors (Lipinski definition) is 5. The molecule has 3 rings (SSSR count). The van der Waals surface area contributed by atoms with Crippen LogP contribution in [0.2, 0.25) is 0 Å². The predicted molar refractivity (Wildman–Crippen MR) is 113 cm³/mol. The van der Waals surface area contributed by atoms with Crippen LogP contribution in [-0.2, 0) is 9.59 Å². The van der Waals surface area contributed by atoms with Crippen LogP contribution in [0.25, 0.3) is 0 Å². The van der Waals surface area contributed by atoms with Crippen LogP contribution in [0.3, 0.4) is 0 Å². The molecule has 3 amide bonds. The van der Waals surface area contributed by atoms with E-state index in [1.807, 2.05) is 30.3 Å². The Labute approximate surface area is 181 Å². The highest BCUT2D eigenvalue weighted by atomic mass is 79.9. The van der Waals surface area contributed by atoms with Crippen LogP contribution in [0.1, 0.15) is 28.9 Å². The van der Waals surface area contributed by atoms with Crippen molar-refractivity contribution in [3.63, 3.8) is 0 Å². The first-order chi connectivity index (χ1) is 14.0. The van der Waals surface area contributed by atoms with Crippen molar-refractivity contribution in [3.8, 4) is 5.75 Å². The zero-order valence-electron chi connectivity index (χ0n) is 15.7. The summed E-state index contributed by atoms with van der Waals surface area (Å²) in [7, 11) is 0. The van der Waals surface area contributed by atoms with Gasteiger partial charge in [-0.1, -0.05) is 18.2 Å². The lowest BCUT2D eigenvalue weighted by atomic mass is 9.96. The number of hydrazine groups is 1. The summed E-state index contributed by atoms with van der Waals surface area (Å²) in [4.78, 5) is 38.9. The predicted octanol–water partition coefficient (Wildman–Crippen LogP) is 2.98. The number of likely N-dealkylation sites (tertiary alicyclic amines) is 1. The van der Waals surface area contributed by atoms with Crippen molar-refractivity contribution in [2.45, 2.75) is 19.3 Å². The highest BCUT2D eigenvalue weighted by Crippen LogP contribution is 2.22. The molecule has 2 heterocycles. The lowest BCUT2D eigenvalue weighted by molar-refractivity contribution is -0.136. The number of carbonyl (C=O) groups excluding carboxylic acids is 3.